The van der Waals surface area contributed by atoms with Crippen LogP contribution in [-0.4, -0.2) is 4.98 Å². The third-order valence-electron chi connectivity index (χ3n) is 1.54. The predicted octanol–water partition coefficient (Wildman–Crippen LogP) is 1.38. The lowest BCUT2D eigenvalue weighted by Gasteiger charge is -2.03. The van der Waals surface area contributed by atoms with E-state index in [1.54, 1.807) is 0 Å². The topological polar surface area (TPSA) is 58.9 Å². The fourth-order valence-electron chi connectivity index (χ4n) is 0.869. The number of hydrogen-bond donors (Lipinski definition) is 2. The highest BCUT2D eigenvalue weighted by Crippen LogP contribution is 2.17. The normalized spacial score (nSPS) is 10.8. The Labute approximate surface area is 86.5 Å². The quantitative estimate of drug-likeness (QED) is 0.811. The van der Waals surface area contributed by atoms with Gasteiger partial charge in [-0.2, -0.15) is 0 Å². The molecule has 0 aliphatic carbocycles. The molecule has 0 aliphatic rings. The van der Waals surface area contributed by atoms with E-state index in [2.05, 4.69) is 4.98 Å². The molecule has 0 amide bonds. The zero-order valence-corrected chi connectivity index (χ0v) is 8.64. The number of halogens is 3. The number of nitrogens with two attached hydrogens (primary N) is 1. The van der Waals surface area contributed by atoms with Gasteiger partial charge in [0.1, 0.15) is 0 Å². The van der Waals surface area contributed by atoms with Crippen molar-refractivity contribution in [3.05, 3.63) is 31.2 Å². The second kappa shape index (κ2) is 4.14. The monoisotopic (exact) mass is 300 g/mol. The summed E-state index contributed by atoms with van der Waals surface area (Å²) < 4.78 is 24.9. The van der Waals surface area contributed by atoms with Crippen molar-refractivity contribution in [2.45, 2.75) is 13.0 Å². The molecule has 1 heterocycles. The Morgan fingerprint density at radius 2 is 2.23 bits per heavy atom. The average molecular weight is 300 g/mol. The molecule has 0 spiro atoms. The highest BCUT2D eigenvalue weighted by atomic mass is 127. The molecule has 1 aromatic rings. The van der Waals surface area contributed by atoms with Gasteiger partial charge in [-0.15, -0.1) is 0 Å². The molecule has 0 radical (unpaired) electrons. The van der Waals surface area contributed by atoms with Gasteiger partial charge in [-0.05, 0) is 28.7 Å². The number of aromatic amines is 1. The van der Waals surface area contributed by atoms with E-state index in [1.807, 2.05) is 22.6 Å². The van der Waals surface area contributed by atoms with Gasteiger partial charge in [-0.3, -0.25) is 4.79 Å². The summed E-state index contributed by atoms with van der Waals surface area (Å²) in [7, 11) is 0. The third kappa shape index (κ3) is 2.25. The minimum Gasteiger partial charge on any atom is -0.325 e. The van der Waals surface area contributed by atoms with Crippen molar-refractivity contribution in [3.63, 3.8) is 0 Å². The maximum atomic E-state index is 12.2. The SMILES string of the molecule is NCc1[nH]c(=O)c(C(F)F)cc1I. The molecule has 72 valence electrons. The van der Waals surface area contributed by atoms with Crippen molar-refractivity contribution in [3.8, 4) is 0 Å². The molecule has 0 fully saturated rings. The summed E-state index contributed by atoms with van der Waals surface area (Å²) in [5.41, 5.74) is 4.48. The van der Waals surface area contributed by atoms with Crippen LogP contribution in [0.4, 0.5) is 8.78 Å². The van der Waals surface area contributed by atoms with Gasteiger partial charge >= 0.3 is 0 Å². The number of nitrogens with one attached hydrogen (secondary N) is 1. The van der Waals surface area contributed by atoms with Gasteiger partial charge in [-0.25, -0.2) is 8.78 Å². The molecular formula is C7H7F2IN2O. The van der Waals surface area contributed by atoms with Gasteiger partial charge in [0, 0.05) is 15.8 Å². The molecule has 13 heavy (non-hydrogen) atoms. The Bertz CT molecular complexity index is 364. The molecule has 1 aromatic heterocycles. The average Bonchev–Trinajstić information content (AvgIpc) is 2.07. The first-order valence-electron chi connectivity index (χ1n) is 3.46. The smallest absolute Gasteiger partial charge is 0.269 e. The van der Waals surface area contributed by atoms with Gasteiger partial charge < -0.3 is 10.7 Å². The molecule has 1 rings (SSSR count). The fourth-order valence-corrected chi connectivity index (χ4v) is 1.56. The summed E-state index contributed by atoms with van der Waals surface area (Å²) in [6.45, 7) is 0.136. The summed E-state index contributed by atoms with van der Waals surface area (Å²) in [6, 6.07) is 1.16. The van der Waals surface area contributed by atoms with E-state index >= 15 is 0 Å². The van der Waals surface area contributed by atoms with Crippen molar-refractivity contribution in [1.82, 2.24) is 4.98 Å². The van der Waals surface area contributed by atoms with E-state index in [0.717, 1.165) is 6.07 Å². The zero-order chi connectivity index (χ0) is 10.0. The summed E-state index contributed by atoms with van der Waals surface area (Å²) >= 11 is 1.85. The second-order valence-electron chi connectivity index (χ2n) is 2.39. The minimum atomic E-state index is -2.75. The Morgan fingerprint density at radius 3 is 2.69 bits per heavy atom. The molecule has 0 saturated heterocycles. The second-order valence-corrected chi connectivity index (χ2v) is 3.55. The van der Waals surface area contributed by atoms with Crippen LogP contribution in [0.5, 0.6) is 0 Å². The van der Waals surface area contributed by atoms with Crippen molar-refractivity contribution >= 4 is 22.6 Å². The van der Waals surface area contributed by atoms with Gasteiger partial charge in [0.2, 0.25) is 0 Å². The van der Waals surface area contributed by atoms with E-state index in [9.17, 15) is 13.6 Å². The van der Waals surface area contributed by atoms with Gasteiger partial charge in [0.25, 0.3) is 12.0 Å². The largest absolute Gasteiger partial charge is 0.325 e. The number of hydrogen-bond acceptors (Lipinski definition) is 2. The maximum absolute atomic E-state index is 12.2. The fraction of sp³-hybridized carbons (Fsp3) is 0.286. The lowest BCUT2D eigenvalue weighted by molar-refractivity contribution is 0.149. The molecule has 0 aromatic carbocycles. The van der Waals surface area contributed by atoms with Gasteiger partial charge in [-0.1, -0.05) is 0 Å². The van der Waals surface area contributed by atoms with Crippen LogP contribution >= 0.6 is 22.6 Å². The van der Waals surface area contributed by atoms with E-state index in [0.29, 0.717) is 9.26 Å². The molecule has 3 N–H and O–H groups in total. The van der Waals surface area contributed by atoms with Crippen LogP contribution in [0.1, 0.15) is 17.7 Å². The highest BCUT2D eigenvalue weighted by molar-refractivity contribution is 14.1. The summed E-state index contributed by atoms with van der Waals surface area (Å²) in [5.74, 6) is 0. The van der Waals surface area contributed by atoms with Crippen molar-refractivity contribution in [1.29, 1.82) is 0 Å². The van der Waals surface area contributed by atoms with Crippen molar-refractivity contribution in [2.75, 3.05) is 0 Å². The molecule has 0 bridgehead atoms. The zero-order valence-electron chi connectivity index (χ0n) is 6.48. The van der Waals surface area contributed by atoms with E-state index in [-0.39, 0.29) is 6.54 Å². The van der Waals surface area contributed by atoms with Crippen LogP contribution in [0.3, 0.4) is 0 Å². The van der Waals surface area contributed by atoms with Crippen LogP contribution in [0.25, 0.3) is 0 Å². The van der Waals surface area contributed by atoms with Crippen LogP contribution in [-0.2, 0) is 6.54 Å². The van der Waals surface area contributed by atoms with Gasteiger partial charge in [0.05, 0.1) is 5.56 Å². The first kappa shape index (κ1) is 10.6. The Hall–Kier alpha value is -0.500. The van der Waals surface area contributed by atoms with Gasteiger partial charge in [0.15, 0.2) is 0 Å². The summed E-state index contributed by atoms with van der Waals surface area (Å²) in [5, 5.41) is 0. The summed E-state index contributed by atoms with van der Waals surface area (Å²) in [6.07, 6.45) is -2.75. The van der Waals surface area contributed by atoms with E-state index in [1.165, 1.54) is 0 Å². The van der Waals surface area contributed by atoms with Crippen LogP contribution in [0.15, 0.2) is 10.9 Å². The molecule has 0 atom stereocenters. The van der Waals surface area contributed by atoms with E-state index in [4.69, 9.17) is 5.73 Å². The third-order valence-corrected chi connectivity index (χ3v) is 2.50. The molecule has 0 saturated carbocycles. The predicted molar refractivity (Wildman–Crippen MR) is 52.6 cm³/mol. The standard InChI is InChI=1S/C7H7F2IN2O/c8-6(9)3-1-4(10)5(2-11)12-7(3)13/h1,6H,2,11H2,(H,12,13). The number of alkyl halides is 2. The van der Waals surface area contributed by atoms with Crippen molar-refractivity contribution in [2.24, 2.45) is 5.73 Å². The van der Waals surface area contributed by atoms with Crippen molar-refractivity contribution < 1.29 is 8.78 Å². The Morgan fingerprint density at radius 1 is 1.62 bits per heavy atom. The minimum absolute atomic E-state index is 0.136. The first-order chi connectivity index (χ1) is 6.06. The highest BCUT2D eigenvalue weighted by Gasteiger charge is 2.13. The molecular weight excluding hydrogens is 293 g/mol. The summed E-state index contributed by atoms with van der Waals surface area (Å²) in [4.78, 5) is 13.3. The molecule has 6 heteroatoms. The van der Waals surface area contributed by atoms with Crippen LogP contribution in [0.2, 0.25) is 0 Å². The molecule has 0 aliphatic heterocycles. The maximum Gasteiger partial charge on any atom is 0.269 e. The van der Waals surface area contributed by atoms with E-state index < -0.39 is 17.5 Å². The number of pyridine rings is 1. The first-order valence-corrected chi connectivity index (χ1v) is 4.54. The lowest BCUT2D eigenvalue weighted by Crippen LogP contribution is -2.18. The number of H-pyrrole nitrogens is 1. The lowest BCUT2D eigenvalue weighted by atomic mass is 10.2. The molecule has 0 unspecified atom stereocenters. The van der Waals surface area contributed by atoms with Crippen LogP contribution in [0, 0.1) is 3.57 Å². The Balaban J connectivity index is 3.29. The Kier molecular flexibility index (Phi) is 3.37. The number of aromatic nitrogens is 1. The van der Waals surface area contributed by atoms with Crippen LogP contribution < -0.4 is 11.3 Å². The number of rotatable bonds is 2. The molecule has 3 nitrogen and oxygen atoms in total.